The maximum Gasteiger partial charge on any atom is 0.228 e. The topological polar surface area (TPSA) is 73.6 Å². The van der Waals surface area contributed by atoms with Gasteiger partial charge in [-0.15, -0.1) is 0 Å². The molecule has 0 spiro atoms. The second-order valence-corrected chi connectivity index (χ2v) is 6.05. The van der Waals surface area contributed by atoms with Crippen LogP contribution in [0, 0.1) is 6.92 Å². The van der Waals surface area contributed by atoms with Crippen LogP contribution in [-0.2, 0) is 11.2 Å². The zero-order valence-electron chi connectivity index (χ0n) is 13.8. The standard InChI is InChI=1S/C20H18N4O/c1-13-21-12-19(23-13)14-5-4-6-16(9-14)24-20(25)10-15-11-22-18-8-3-2-7-17(15)18/h2-9,11-12,22H,10H2,1H3,(H,21,23)(H,24,25). The summed E-state index contributed by atoms with van der Waals surface area (Å²) in [6.07, 6.45) is 4.02. The number of nitrogens with zero attached hydrogens (tertiary/aromatic N) is 1. The lowest BCUT2D eigenvalue weighted by atomic mass is 10.1. The Bertz CT molecular complexity index is 1040. The normalized spacial score (nSPS) is 10.9. The van der Waals surface area contributed by atoms with Gasteiger partial charge in [0.05, 0.1) is 18.3 Å². The van der Waals surface area contributed by atoms with Crippen molar-refractivity contribution < 1.29 is 4.79 Å². The van der Waals surface area contributed by atoms with E-state index in [9.17, 15) is 4.79 Å². The zero-order chi connectivity index (χ0) is 17.2. The minimum absolute atomic E-state index is 0.0392. The molecule has 124 valence electrons. The quantitative estimate of drug-likeness (QED) is 0.528. The van der Waals surface area contributed by atoms with Gasteiger partial charge in [-0.25, -0.2) is 4.98 Å². The molecule has 4 aromatic rings. The van der Waals surface area contributed by atoms with Gasteiger partial charge >= 0.3 is 0 Å². The molecule has 3 N–H and O–H groups in total. The van der Waals surface area contributed by atoms with Crippen LogP contribution in [0.3, 0.4) is 0 Å². The summed E-state index contributed by atoms with van der Waals surface area (Å²) >= 11 is 0. The molecule has 4 rings (SSSR count). The molecule has 0 saturated carbocycles. The van der Waals surface area contributed by atoms with Crippen molar-refractivity contribution in [2.24, 2.45) is 0 Å². The maximum absolute atomic E-state index is 12.4. The second-order valence-electron chi connectivity index (χ2n) is 6.05. The highest BCUT2D eigenvalue weighted by molar-refractivity contribution is 5.96. The molecule has 2 aromatic carbocycles. The van der Waals surface area contributed by atoms with E-state index in [0.717, 1.165) is 39.2 Å². The molecule has 2 heterocycles. The molecule has 0 fully saturated rings. The Morgan fingerprint density at radius 3 is 2.88 bits per heavy atom. The van der Waals surface area contributed by atoms with Gasteiger partial charge in [-0.2, -0.15) is 0 Å². The van der Waals surface area contributed by atoms with Crippen LogP contribution in [0.15, 0.2) is 60.9 Å². The number of rotatable bonds is 4. The first-order valence-electron chi connectivity index (χ1n) is 8.16. The lowest BCUT2D eigenvalue weighted by molar-refractivity contribution is -0.115. The lowest BCUT2D eigenvalue weighted by Crippen LogP contribution is -2.14. The number of amides is 1. The largest absolute Gasteiger partial charge is 0.361 e. The average Bonchev–Trinajstić information content (AvgIpc) is 3.22. The molecule has 1 amide bonds. The van der Waals surface area contributed by atoms with E-state index in [1.165, 1.54) is 0 Å². The van der Waals surface area contributed by atoms with Crippen LogP contribution in [0.1, 0.15) is 11.4 Å². The molecule has 5 heteroatoms. The number of carbonyl (C=O) groups excluding carboxylic acids is 1. The summed E-state index contributed by atoms with van der Waals surface area (Å²) in [6.45, 7) is 1.91. The number of aromatic amines is 2. The van der Waals surface area contributed by atoms with Gasteiger partial charge in [0.25, 0.3) is 0 Å². The first-order chi connectivity index (χ1) is 12.2. The second kappa shape index (κ2) is 6.28. The molecule has 0 aliphatic carbocycles. The van der Waals surface area contributed by atoms with Crippen molar-refractivity contribution in [1.29, 1.82) is 0 Å². The summed E-state index contributed by atoms with van der Waals surface area (Å²) < 4.78 is 0. The molecular weight excluding hydrogens is 312 g/mol. The lowest BCUT2D eigenvalue weighted by Gasteiger charge is -2.07. The molecular formula is C20H18N4O. The van der Waals surface area contributed by atoms with Gasteiger partial charge in [0, 0.05) is 28.4 Å². The summed E-state index contributed by atoms with van der Waals surface area (Å²) in [5, 5.41) is 4.06. The molecule has 0 radical (unpaired) electrons. The molecule has 0 unspecified atom stereocenters. The van der Waals surface area contributed by atoms with E-state index < -0.39 is 0 Å². The fraction of sp³-hybridized carbons (Fsp3) is 0.100. The van der Waals surface area contributed by atoms with E-state index in [2.05, 4.69) is 20.3 Å². The molecule has 25 heavy (non-hydrogen) atoms. The minimum Gasteiger partial charge on any atom is -0.361 e. The first kappa shape index (κ1) is 15.2. The van der Waals surface area contributed by atoms with E-state index in [0.29, 0.717) is 6.42 Å². The van der Waals surface area contributed by atoms with Crippen LogP contribution in [-0.4, -0.2) is 20.9 Å². The van der Waals surface area contributed by atoms with Crippen molar-refractivity contribution >= 4 is 22.5 Å². The van der Waals surface area contributed by atoms with Crippen LogP contribution >= 0.6 is 0 Å². The molecule has 0 saturated heterocycles. The zero-order valence-corrected chi connectivity index (χ0v) is 13.8. The van der Waals surface area contributed by atoms with Crippen LogP contribution in [0.4, 0.5) is 5.69 Å². The van der Waals surface area contributed by atoms with Crippen molar-refractivity contribution in [3.8, 4) is 11.3 Å². The van der Waals surface area contributed by atoms with E-state index in [1.807, 2.05) is 61.7 Å². The Balaban J connectivity index is 1.51. The van der Waals surface area contributed by atoms with Gasteiger partial charge in [0.1, 0.15) is 5.82 Å². The Morgan fingerprint density at radius 2 is 2.04 bits per heavy atom. The third-order valence-electron chi connectivity index (χ3n) is 4.19. The van der Waals surface area contributed by atoms with Gasteiger partial charge in [0.2, 0.25) is 5.91 Å². The van der Waals surface area contributed by atoms with Gasteiger partial charge < -0.3 is 15.3 Å². The number of anilines is 1. The molecule has 2 aromatic heterocycles. The number of aromatic nitrogens is 3. The van der Waals surface area contributed by atoms with E-state index in [4.69, 9.17) is 0 Å². The number of fused-ring (bicyclic) bond motifs is 1. The predicted octanol–water partition coefficient (Wildman–Crippen LogP) is 4.05. The third kappa shape index (κ3) is 3.17. The maximum atomic E-state index is 12.4. The number of benzene rings is 2. The summed E-state index contributed by atoms with van der Waals surface area (Å²) in [7, 11) is 0. The number of hydrogen-bond donors (Lipinski definition) is 3. The minimum atomic E-state index is -0.0392. The predicted molar refractivity (Wildman–Crippen MR) is 99.4 cm³/mol. The van der Waals surface area contributed by atoms with E-state index in [1.54, 1.807) is 6.20 Å². The Hall–Kier alpha value is -3.34. The van der Waals surface area contributed by atoms with E-state index >= 15 is 0 Å². The number of nitrogens with one attached hydrogen (secondary N) is 3. The highest BCUT2D eigenvalue weighted by atomic mass is 16.1. The van der Waals surface area contributed by atoms with Gasteiger partial charge in [-0.05, 0) is 30.7 Å². The number of para-hydroxylation sites is 1. The molecule has 0 aliphatic rings. The van der Waals surface area contributed by atoms with Crippen molar-refractivity contribution in [1.82, 2.24) is 15.0 Å². The fourth-order valence-electron chi connectivity index (χ4n) is 2.99. The fourth-order valence-corrected chi connectivity index (χ4v) is 2.99. The summed E-state index contributed by atoms with van der Waals surface area (Å²) in [5.74, 6) is 0.825. The number of imidazole rings is 1. The van der Waals surface area contributed by atoms with Crippen LogP contribution in [0.2, 0.25) is 0 Å². The Labute approximate surface area is 145 Å². The molecule has 5 nitrogen and oxygen atoms in total. The number of hydrogen-bond acceptors (Lipinski definition) is 2. The average molecular weight is 330 g/mol. The van der Waals surface area contributed by atoms with Crippen molar-refractivity contribution in [3.63, 3.8) is 0 Å². The van der Waals surface area contributed by atoms with Gasteiger partial charge in [0.15, 0.2) is 0 Å². The smallest absolute Gasteiger partial charge is 0.228 e. The SMILES string of the molecule is Cc1ncc(-c2cccc(NC(=O)Cc3c[nH]c4ccccc34)c2)[nH]1. The highest BCUT2D eigenvalue weighted by Gasteiger charge is 2.09. The Kier molecular flexibility index (Phi) is 3.82. The van der Waals surface area contributed by atoms with Crippen LogP contribution < -0.4 is 5.32 Å². The van der Waals surface area contributed by atoms with Crippen molar-refractivity contribution in [2.45, 2.75) is 13.3 Å². The summed E-state index contributed by atoms with van der Waals surface area (Å²) in [6, 6.07) is 15.7. The highest BCUT2D eigenvalue weighted by Crippen LogP contribution is 2.22. The van der Waals surface area contributed by atoms with Crippen LogP contribution in [0.5, 0.6) is 0 Å². The van der Waals surface area contributed by atoms with Crippen molar-refractivity contribution in [3.05, 3.63) is 72.3 Å². The molecule has 0 atom stereocenters. The number of carbonyl (C=O) groups is 1. The summed E-state index contributed by atoms with van der Waals surface area (Å²) in [5.41, 5.74) is 4.74. The van der Waals surface area contributed by atoms with E-state index in [-0.39, 0.29) is 5.91 Å². The third-order valence-corrected chi connectivity index (χ3v) is 4.19. The van der Waals surface area contributed by atoms with Gasteiger partial charge in [-0.1, -0.05) is 30.3 Å². The van der Waals surface area contributed by atoms with Gasteiger partial charge in [-0.3, -0.25) is 4.79 Å². The summed E-state index contributed by atoms with van der Waals surface area (Å²) in [4.78, 5) is 23.0. The molecule has 0 bridgehead atoms. The molecule has 0 aliphatic heterocycles. The number of H-pyrrole nitrogens is 2. The van der Waals surface area contributed by atoms with Crippen molar-refractivity contribution in [2.75, 3.05) is 5.32 Å². The monoisotopic (exact) mass is 330 g/mol. The van der Waals surface area contributed by atoms with Crippen LogP contribution in [0.25, 0.3) is 22.2 Å². The number of aryl methyl sites for hydroxylation is 1. The first-order valence-corrected chi connectivity index (χ1v) is 8.16. The Morgan fingerprint density at radius 1 is 1.16 bits per heavy atom.